The number of nitrogens with zero attached hydrogens (tertiary/aromatic N) is 3. The Hall–Kier alpha value is -2.36. The number of quaternary nitrogens is 1. The Bertz CT molecular complexity index is 1030. The van der Waals surface area contributed by atoms with Crippen LogP contribution in [0.25, 0.3) is 0 Å². The van der Waals surface area contributed by atoms with Crippen molar-refractivity contribution in [2.75, 3.05) is 31.5 Å². The van der Waals surface area contributed by atoms with Crippen LogP contribution >= 0.6 is 0 Å². The molecule has 4 aliphatic rings. The number of aliphatic hydroxyl groups is 1. The van der Waals surface area contributed by atoms with Crippen LogP contribution in [-0.2, 0) is 19.9 Å². The highest BCUT2D eigenvalue weighted by molar-refractivity contribution is 5.89. The summed E-state index contributed by atoms with van der Waals surface area (Å²) in [7, 11) is 0. The van der Waals surface area contributed by atoms with Crippen LogP contribution in [-0.4, -0.2) is 63.7 Å². The van der Waals surface area contributed by atoms with Crippen LogP contribution in [0.1, 0.15) is 50.5 Å². The van der Waals surface area contributed by atoms with Gasteiger partial charge in [-0.05, 0) is 24.5 Å². The Morgan fingerprint density at radius 1 is 1.00 bits per heavy atom. The van der Waals surface area contributed by atoms with Crippen molar-refractivity contribution in [1.82, 2.24) is 9.97 Å². The second-order valence-electron chi connectivity index (χ2n) is 10.5. The summed E-state index contributed by atoms with van der Waals surface area (Å²) in [5.41, 5.74) is -1.02. The van der Waals surface area contributed by atoms with Crippen LogP contribution < -0.4 is 22.3 Å². The van der Waals surface area contributed by atoms with Gasteiger partial charge in [0.25, 0.3) is 5.91 Å². The third-order valence-corrected chi connectivity index (χ3v) is 8.32. The Balaban J connectivity index is 0.00000304. The number of piperidine rings is 3. The Labute approximate surface area is 222 Å². The zero-order valence-electron chi connectivity index (χ0n) is 20.5. The molecule has 1 unspecified atom stereocenters. The monoisotopic (exact) mass is 558 g/mol. The maximum atomic E-state index is 13.7. The standard InChI is InChI=1S/C27H34N4O4.BrH/c32-24(30-26-28-14-7-15-29-26)19-31-16-12-20(13-17-31)23(18-31)35-25(33)27(34,21-8-3-1-4-9-21)22-10-5-2-6-11-22;/h1,3-4,7-9,14-15,20,22-23,34H,2,5-6,10-13,16-19H2;1H/t20?,23-,27?,31?;/m0./s1. The fourth-order valence-corrected chi connectivity index (χ4v) is 6.37. The Morgan fingerprint density at radius 2 is 1.67 bits per heavy atom. The van der Waals surface area contributed by atoms with Gasteiger partial charge in [0.15, 0.2) is 18.2 Å². The molecule has 194 valence electrons. The predicted molar refractivity (Wildman–Crippen MR) is 130 cm³/mol. The van der Waals surface area contributed by atoms with Gasteiger partial charge in [0.1, 0.15) is 6.54 Å². The predicted octanol–water partition coefficient (Wildman–Crippen LogP) is 0.0394. The van der Waals surface area contributed by atoms with Crippen LogP contribution in [0.3, 0.4) is 0 Å². The molecule has 9 heteroatoms. The number of carbonyl (C=O) groups excluding carboxylic acids is 2. The zero-order valence-corrected chi connectivity index (χ0v) is 22.1. The molecule has 3 aliphatic heterocycles. The Morgan fingerprint density at radius 3 is 2.33 bits per heavy atom. The van der Waals surface area contributed by atoms with E-state index in [1.54, 1.807) is 18.5 Å². The van der Waals surface area contributed by atoms with E-state index in [-0.39, 0.29) is 40.8 Å². The summed E-state index contributed by atoms with van der Waals surface area (Å²) in [6.45, 7) is 2.65. The number of rotatable bonds is 7. The molecule has 0 spiro atoms. The molecule has 4 fully saturated rings. The lowest BCUT2D eigenvalue weighted by molar-refractivity contribution is -0.939. The van der Waals surface area contributed by atoms with E-state index < -0.39 is 11.6 Å². The number of fused-ring (bicyclic) bond motifs is 3. The van der Waals surface area contributed by atoms with Crippen molar-refractivity contribution in [2.24, 2.45) is 11.8 Å². The van der Waals surface area contributed by atoms with Crippen LogP contribution in [0.5, 0.6) is 0 Å². The van der Waals surface area contributed by atoms with Crippen molar-refractivity contribution >= 4 is 17.8 Å². The molecule has 1 aromatic carbocycles. The molecule has 1 aliphatic carbocycles. The largest absolute Gasteiger partial charge is 1.00 e. The summed E-state index contributed by atoms with van der Waals surface area (Å²) < 4.78 is 6.75. The van der Waals surface area contributed by atoms with Gasteiger partial charge in [0, 0.05) is 37.1 Å². The maximum Gasteiger partial charge on any atom is 0.343 e. The lowest BCUT2D eigenvalue weighted by Gasteiger charge is -2.52. The third kappa shape index (κ3) is 5.48. The number of anilines is 1. The summed E-state index contributed by atoms with van der Waals surface area (Å²) >= 11 is 0. The number of carbonyl (C=O) groups is 2. The minimum atomic E-state index is -1.64. The number of hydrogen-bond acceptors (Lipinski definition) is 6. The van der Waals surface area contributed by atoms with E-state index in [1.807, 2.05) is 30.3 Å². The first-order chi connectivity index (χ1) is 17.0. The van der Waals surface area contributed by atoms with Crippen molar-refractivity contribution in [3.8, 4) is 0 Å². The molecule has 2 N–H and O–H groups in total. The average Bonchev–Trinajstić information content (AvgIpc) is 2.90. The minimum absolute atomic E-state index is 0. The number of benzene rings is 1. The lowest BCUT2D eigenvalue weighted by atomic mass is 9.73. The van der Waals surface area contributed by atoms with Crippen LogP contribution in [0.15, 0.2) is 48.8 Å². The molecule has 4 heterocycles. The number of amides is 1. The average molecular weight is 560 g/mol. The van der Waals surface area contributed by atoms with E-state index in [9.17, 15) is 14.7 Å². The normalized spacial score (nSPS) is 27.4. The molecule has 1 saturated carbocycles. The summed E-state index contributed by atoms with van der Waals surface area (Å²) in [5, 5.41) is 14.7. The van der Waals surface area contributed by atoms with Gasteiger partial charge in [-0.3, -0.25) is 10.1 Å². The van der Waals surface area contributed by atoms with E-state index in [1.165, 1.54) is 0 Å². The molecule has 2 atom stereocenters. The van der Waals surface area contributed by atoms with Crippen molar-refractivity contribution in [1.29, 1.82) is 0 Å². The smallest absolute Gasteiger partial charge is 0.343 e. The number of nitrogens with one attached hydrogen (secondary N) is 1. The molecule has 2 aromatic rings. The van der Waals surface area contributed by atoms with E-state index in [4.69, 9.17) is 4.74 Å². The van der Waals surface area contributed by atoms with Gasteiger partial charge in [-0.2, -0.15) is 0 Å². The number of esters is 1. The van der Waals surface area contributed by atoms with Crippen LogP contribution in [0.2, 0.25) is 0 Å². The van der Waals surface area contributed by atoms with Gasteiger partial charge in [-0.15, -0.1) is 0 Å². The molecule has 6 rings (SSSR count). The highest BCUT2D eigenvalue weighted by Gasteiger charge is 2.52. The molecular weight excluding hydrogens is 524 g/mol. The minimum Gasteiger partial charge on any atom is -1.00 e. The van der Waals surface area contributed by atoms with E-state index in [0.29, 0.717) is 29.1 Å². The van der Waals surface area contributed by atoms with E-state index in [0.717, 1.165) is 58.0 Å². The van der Waals surface area contributed by atoms with Crippen LogP contribution in [0, 0.1) is 11.8 Å². The molecule has 1 amide bonds. The lowest BCUT2D eigenvalue weighted by Crippen LogP contribution is -3.00. The molecular formula is C27H35BrN4O4. The molecule has 3 saturated heterocycles. The zero-order chi connectivity index (χ0) is 24.3. The van der Waals surface area contributed by atoms with Gasteiger partial charge in [0.05, 0.1) is 13.1 Å². The third-order valence-electron chi connectivity index (χ3n) is 8.32. The summed E-state index contributed by atoms with van der Waals surface area (Å²) in [6.07, 6.45) is 9.49. The van der Waals surface area contributed by atoms with Gasteiger partial charge < -0.3 is 31.3 Å². The highest BCUT2D eigenvalue weighted by Crippen LogP contribution is 2.42. The van der Waals surface area contributed by atoms with Gasteiger partial charge in [0.2, 0.25) is 5.95 Å². The summed E-state index contributed by atoms with van der Waals surface area (Å²) in [4.78, 5) is 34.6. The van der Waals surface area contributed by atoms with Crippen molar-refractivity contribution in [2.45, 2.75) is 56.7 Å². The number of halogens is 1. The quantitative estimate of drug-likeness (QED) is 0.367. The molecule has 1 aromatic heterocycles. The number of aromatic nitrogens is 2. The fourth-order valence-electron chi connectivity index (χ4n) is 6.37. The highest BCUT2D eigenvalue weighted by atomic mass is 79.9. The topological polar surface area (TPSA) is 101 Å². The van der Waals surface area contributed by atoms with Crippen molar-refractivity contribution in [3.63, 3.8) is 0 Å². The Kier molecular flexibility index (Phi) is 8.42. The van der Waals surface area contributed by atoms with E-state index >= 15 is 0 Å². The summed E-state index contributed by atoms with van der Waals surface area (Å²) in [6, 6.07) is 11.0. The second-order valence-corrected chi connectivity index (χ2v) is 10.5. The summed E-state index contributed by atoms with van der Waals surface area (Å²) in [5.74, 6) is -0.247. The molecule has 8 nitrogen and oxygen atoms in total. The van der Waals surface area contributed by atoms with E-state index in [2.05, 4.69) is 15.3 Å². The first kappa shape index (κ1) is 26.7. The second kappa shape index (κ2) is 11.4. The van der Waals surface area contributed by atoms with Gasteiger partial charge >= 0.3 is 5.97 Å². The number of hydrogen-bond donors (Lipinski definition) is 2. The molecule has 0 radical (unpaired) electrons. The fraction of sp³-hybridized carbons (Fsp3) is 0.556. The van der Waals surface area contributed by atoms with Crippen LogP contribution in [0.4, 0.5) is 5.95 Å². The van der Waals surface area contributed by atoms with Gasteiger partial charge in [-0.25, -0.2) is 14.8 Å². The molecule has 2 bridgehead atoms. The van der Waals surface area contributed by atoms with Crippen molar-refractivity contribution < 1.29 is 40.9 Å². The van der Waals surface area contributed by atoms with Gasteiger partial charge in [-0.1, -0.05) is 49.6 Å². The maximum absolute atomic E-state index is 13.7. The first-order valence-electron chi connectivity index (χ1n) is 12.9. The SMILES string of the molecule is O=C(C[N+]12CCC(CC1)[C@@H](OC(=O)C(O)(c1ccccc1)C1CCCCC1)C2)Nc1ncccn1.[Br-]. The first-order valence-corrected chi connectivity index (χ1v) is 12.9. The molecule has 36 heavy (non-hydrogen) atoms. The van der Waals surface area contributed by atoms with Crippen molar-refractivity contribution in [3.05, 3.63) is 54.4 Å². The number of ether oxygens (including phenoxy) is 1.